The van der Waals surface area contributed by atoms with Crippen LogP contribution in [0.3, 0.4) is 0 Å². The van der Waals surface area contributed by atoms with Crippen LogP contribution in [-0.4, -0.2) is 44.2 Å². The Labute approximate surface area is 80.3 Å². The van der Waals surface area contributed by atoms with Crippen molar-refractivity contribution in [2.24, 2.45) is 0 Å². The van der Waals surface area contributed by atoms with Crippen LogP contribution in [0.5, 0.6) is 0 Å². The third kappa shape index (κ3) is 6.01. The summed E-state index contributed by atoms with van der Waals surface area (Å²) >= 11 is 0. The van der Waals surface area contributed by atoms with E-state index in [0.717, 1.165) is 6.42 Å². The summed E-state index contributed by atoms with van der Waals surface area (Å²) in [6.07, 6.45) is 0.808. The number of hydrogen-bond acceptors (Lipinski definition) is 4. The van der Waals surface area contributed by atoms with Crippen molar-refractivity contribution < 1.29 is 13.5 Å². The molecule has 0 radical (unpaired) electrons. The van der Waals surface area contributed by atoms with E-state index in [0.29, 0.717) is 6.54 Å². The van der Waals surface area contributed by atoms with Crippen LogP contribution in [0.1, 0.15) is 20.3 Å². The molecule has 0 rings (SSSR count). The van der Waals surface area contributed by atoms with Gasteiger partial charge in [0.05, 0.1) is 12.4 Å². The van der Waals surface area contributed by atoms with E-state index < -0.39 is 9.84 Å². The summed E-state index contributed by atoms with van der Waals surface area (Å²) in [6, 6.07) is 0.0204. The molecule has 0 heterocycles. The van der Waals surface area contributed by atoms with E-state index in [1.807, 2.05) is 6.92 Å². The van der Waals surface area contributed by atoms with Crippen LogP contribution in [0.25, 0.3) is 0 Å². The fraction of sp³-hybridized carbons (Fsp3) is 1.00. The van der Waals surface area contributed by atoms with Gasteiger partial charge in [0, 0.05) is 18.3 Å². The molecule has 1 unspecified atom stereocenters. The van der Waals surface area contributed by atoms with Crippen LogP contribution in [0.2, 0.25) is 0 Å². The summed E-state index contributed by atoms with van der Waals surface area (Å²) in [7, 11) is -2.88. The number of aliphatic hydroxyl groups excluding tert-OH is 1. The molecule has 0 aromatic heterocycles. The lowest BCUT2D eigenvalue weighted by atomic mass is 10.2. The average Bonchev–Trinajstić information content (AvgIpc) is 2.12. The Morgan fingerprint density at radius 3 is 2.38 bits per heavy atom. The first-order chi connectivity index (χ1) is 6.05. The molecule has 80 valence electrons. The second kappa shape index (κ2) is 6.34. The molecule has 2 N–H and O–H groups in total. The van der Waals surface area contributed by atoms with Crippen molar-refractivity contribution in [3.63, 3.8) is 0 Å². The normalized spacial score (nSPS) is 14.4. The average molecular weight is 209 g/mol. The molecule has 0 aliphatic carbocycles. The molecule has 0 bridgehead atoms. The highest BCUT2D eigenvalue weighted by molar-refractivity contribution is 7.91. The van der Waals surface area contributed by atoms with Gasteiger partial charge in [0.15, 0.2) is 9.84 Å². The molecule has 0 saturated heterocycles. The summed E-state index contributed by atoms with van der Waals surface area (Å²) in [6.45, 7) is 4.07. The SMILES string of the molecule is CCC(CO)NCCS(=O)(=O)CC. The van der Waals surface area contributed by atoms with Crippen molar-refractivity contribution in [3.05, 3.63) is 0 Å². The van der Waals surface area contributed by atoms with Gasteiger partial charge < -0.3 is 10.4 Å². The molecule has 13 heavy (non-hydrogen) atoms. The Morgan fingerprint density at radius 1 is 1.38 bits per heavy atom. The Hall–Kier alpha value is -0.130. The molecule has 1 atom stereocenters. The van der Waals surface area contributed by atoms with E-state index >= 15 is 0 Å². The lowest BCUT2D eigenvalue weighted by molar-refractivity contribution is 0.241. The van der Waals surface area contributed by atoms with Gasteiger partial charge in [0.2, 0.25) is 0 Å². The van der Waals surface area contributed by atoms with E-state index in [2.05, 4.69) is 5.32 Å². The maximum atomic E-state index is 11.1. The zero-order valence-electron chi connectivity index (χ0n) is 8.28. The van der Waals surface area contributed by atoms with Gasteiger partial charge in [-0.15, -0.1) is 0 Å². The molecule has 0 fully saturated rings. The zero-order chi connectivity index (χ0) is 10.3. The number of sulfone groups is 1. The lowest BCUT2D eigenvalue weighted by Gasteiger charge is -2.13. The van der Waals surface area contributed by atoms with Gasteiger partial charge in [-0.05, 0) is 6.42 Å². The third-order valence-electron chi connectivity index (χ3n) is 2.00. The first-order valence-corrected chi connectivity index (χ1v) is 6.42. The van der Waals surface area contributed by atoms with E-state index in [4.69, 9.17) is 5.11 Å². The van der Waals surface area contributed by atoms with Crippen LogP contribution >= 0.6 is 0 Å². The van der Waals surface area contributed by atoms with Crippen LogP contribution in [0.4, 0.5) is 0 Å². The minimum atomic E-state index is -2.88. The first-order valence-electron chi connectivity index (χ1n) is 4.60. The molecule has 0 aromatic carbocycles. The molecule has 4 nitrogen and oxygen atoms in total. The van der Waals surface area contributed by atoms with Crippen molar-refractivity contribution in [3.8, 4) is 0 Å². The highest BCUT2D eigenvalue weighted by Gasteiger charge is 2.08. The highest BCUT2D eigenvalue weighted by Crippen LogP contribution is 1.91. The van der Waals surface area contributed by atoms with Gasteiger partial charge in [-0.3, -0.25) is 0 Å². The summed E-state index contributed by atoms with van der Waals surface area (Å²) in [4.78, 5) is 0. The largest absolute Gasteiger partial charge is 0.395 e. The Morgan fingerprint density at radius 2 is 2.00 bits per heavy atom. The monoisotopic (exact) mass is 209 g/mol. The molecular formula is C8H19NO3S. The molecule has 0 spiro atoms. The van der Waals surface area contributed by atoms with Gasteiger partial charge in [-0.1, -0.05) is 13.8 Å². The molecule has 5 heteroatoms. The van der Waals surface area contributed by atoms with Crippen molar-refractivity contribution in [1.29, 1.82) is 0 Å². The van der Waals surface area contributed by atoms with Crippen LogP contribution in [0, 0.1) is 0 Å². The molecule has 0 aliphatic heterocycles. The van der Waals surface area contributed by atoms with Gasteiger partial charge in [0.25, 0.3) is 0 Å². The van der Waals surface area contributed by atoms with Gasteiger partial charge in [-0.2, -0.15) is 0 Å². The summed E-state index contributed by atoms with van der Waals surface area (Å²) in [5, 5.41) is 11.8. The second-order valence-electron chi connectivity index (χ2n) is 2.98. The Balaban J connectivity index is 3.67. The summed E-state index contributed by atoms with van der Waals surface area (Å²) in [5.41, 5.74) is 0. The number of nitrogens with one attached hydrogen (secondary N) is 1. The minimum Gasteiger partial charge on any atom is -0.395 e. The molecular weight excluding hydrogens is 190 g/mol. The van der Waals surface area contributed by atoms with E-state index in [9.17, 15) is 8.42 Å². The number of hydrogen-bond donors (Lipinski definition) is 2. The molecule has 0 aromatic rings. The third-order valence-corrected chi connectivity index (χ3v) is 3.70. The highest BCUT2D eigenvalue weighted by atomic mass is 32.2. The predicted molar refractivity (Wildman–Crippen MR) is 53.5 cm³/mol. The van der Waals surface area contributed by atoms with Crippen molar-refractivity contribution in [1.82, 2.24) is 5.32 Å². The summed E-state index contributed by atoms with van der Waals surface area (Å²) in [5.74, 6) is 0.338. The maximum Gasteiger partial charge on any atom is 0.151 e. The van der Waals surface area contributed by atoms with Crippen molar-refractivity contribution in [2.45, 2.75) is 26.3 Å². The second-order valence-corrected chi connectivity index (χ2v) is 5.45. The predicted octanol–water partition coefficient (Wildman–Crippen LogP) is -0.218. The van der Waals surface area contributed by atoms with Crippen molar-refractivity contribution >= 4 is 9.84 Å². The number of rotatable bonds is 7. The number of aliphatic hydroxyl groups is 1. The van der Waals surface area contributed by atoms with Crippen LogP contribution in [0.15, 0.2) is 0 Å². The van der Waals surface area contributed by atoms with Crippen molar-refractivity contribution in [2.75, 3.05) is 24.7 Å². The first kappa shape index (κ1) is 12.9. The zero-order valence-corrected chi connectivity index (χ0v) is 9.10. The standard InChI is InChI=1S/C8H19NO3S/c1-3-8(7-10)9-5-6-13(11,12)4-2/h8-10H,3-7H2,1-2H3. The summed E-state index contributed by atoms with van der Waals surface area (Å²) < 4.78 is 22.1. The fourth-order valence-corrected chi connectivity index (χ4v) is 1.62. The minimum absolute atomic E-state index is 0.0204. The van der Waals surface area contributed by atoms with E-state index in [-0.39, 0.29) is 24.2 Å². The maximum absolute atomic E-state index is 11.1. The van der Waals surface area contributed by atoms with Gasteiger partial charge >= 0.3 is 0 Å². The quantitative estimate of drug-likeness (QED) is 0.608. The Bertz CT molecular complexity index is 209. The fourth-order valence-electron chi connectivity index (χ4n) is 0.901. The van der Waals surface area contributed by atoms with Gasteiger partial charge in [0.1, 0.15) is 0 Å². The molecule has 0 aliphatic rings. The molecule has 0 amide bonds. The van der Waals surface area contributed by atoms with Crippen LogP contribution < -0.4 is 5.32 Å². The van der Waals surface area contributed by atoms with Crippen LogP contribution in [-0.2, 0) is 9.84 Å². The van der Waals surface area contributed by atoms with Gasteiger partial charge in [-0.25, -0.2) is 8.42 Å². The Kier molecular flexibility index (Phi) is 6.28. The van der Waals surface area contributed by atoms with E-state index in [1.54, 1.807) is 6.92 Å². The lowest BCUT2D eigenvalue weighted by Crippen LogP contribution is -2.35. The smallest absolute Gasteiger partial charge is 0.151 e. The van der Waals surface area contributed by atoms with E-state index in [1.165, 1.54) is 0 Å². The topological polar surface area (TPSA) is 66.4 Å². The molecule has 0 saturated carbocycles.